The minimum Gasteiger partial charge on any atom is -0.396 e. The number of fused-ring (bicyclic) bond motifs is 1. The fraction of sp³-hybridized carbons (Fsp3) is 0.400. The molecule has 4 rings (SSSR count). The topological polar surface area (TPSA) is 23.5 Å². The summed E-state index contributed by atoms with van der Waals surface area (Å²) < 4.78 is 0. The van der Waals surface area contributed by atoms with Crippen molar-refractivity contribution in [1.29, 1.82) is 0 Å². The first kappa shape index (κ1) is 15.3. The van der Waals surface area contributed by atoms with Crippen LogP contribution in [0.15, 0.2) is 60.7 Å². The minimum atomic E-state index is 0.396. The summed E-state index contributed by atoms with van der Waals surface area (Å²) in [5.41, 5.74) is 2.55. The molecule has 0 bridgehead atoms. The fourth-order valence-electron chi connectivity index (χ4n) is 3.59. The molecule has 2 aromatic carbocycles. The SMILES string of the molecule is OCC1CC2CCCN2C1.c1ccc(-c2ccccc2)cc1. The van der Waals surface area contributed by atoms with Crippen molar-refractivity contribution in [2.75, 3.05) is 19.7 Å². The van der Waals surface area contributed by atoms with E-state index in [0.29, 0.717) is 12.5 Å². The maximum atomic E-state index is 8.89. The maximum absolute atomic E-state index is 8.89. The Morgan fingerprint density at radius 1 is 0.909 bits per heavy atom. The summed E-state index contributed by atoms with van der Waals surface area (Å²) in [6.45, 7) is 2.83. The smallest absolute Gasteiger partial charge is 0.0472 e. The van der Waals surface area contributed by atoms with Gasteiger partial charge in [-0.1, -0.05) is 60.7 Å². The van der Waals surface area contributed by atoms with Crippen molar-refractivity contribution in [3.05, 3.63) is 60.7 Å². The van der Waals surface area contributed by atoms with Gasteiger partial charge in [0.1, 0.15) is 0 Å². The van der Waals surface area contributed by atoms with Crippen LogP contribution in [0.2, 0.25) is 0 Å². The zero-order chi connectivity index (χ0) is 15.2. The van der Waals surface area contributed by atoms with E-state index >= 15 is 0 Å². The Labute approximate surface area is 133 Å². The quantitative estimate of drug-likeness (QED) is 0.910. The summed E-state index contributed by atoms with van der Waals surface area (Å²) in [7, 11) is 0. The van der Waals surface area contributed by atoms with Gasteiger partial charge < -0.3 is 10.0 Å². The molecule has 2 heteroatoms. The van der Waals surface area contributed by atoms with Crippen LogP contribution < -0.4 is 0 Å². The van der Waals surface area contributed by atoms with E-state index < -0.39 is 0 Å². The van der Waals surface area contributed by atoms with E-state index in [0.717, 1.165) is 12.6 Å². The molecule has 2 saturated heterocycles. The first-order valence-corrected chi connectivity index (χ1v) is 8.32. The highest BCUT2D eigenvalue weighted by Gasteiger charge is 2.34. The second-order valence-electron chi connectivity index (χ2n) is 6.31. The summed E-state index contributed by atoms with van der Waals surface area (Å²) >= 11 is 0. The first-order chi connectivity index (χ1) is 10.9. The predicted molar refractivity (Wildman–Crippen MR) is 91.7 cm³/mol. The third-order valence-electron chi connectivity index (χ3n) is 4.74. The van der Waals surface area contributed by atoms with E-state index in [1.165, 1.54) is 36.9 Å². The number of nitrogens with zero attached hydrogens (tertiary/aromatic N) is 1. The second kappa shape index (κ2) is 7.57. The molecule has 0 spiro atoms. The molecule has 0 aliphatic carbocycles. The zero-order valence-electron chi connectivity index (χ0n) is 13.1. The van der Waals surface area contributed by atoms with Gasteiger partial charge in [-0.2, -0.15) is 0 Å². The molecule has 0 radical (unpaired) electrons. The monoisotopic (exact) mass is 295 g/mol. The Kier molecular flexibility index (Phi) is 5.25. The number of aliphatic hydroxyl groups is 1. The van der Waals surface area contributed by atoms with Gasteiger partial charge in [-0.3, -0.25) is 0 Å². The van der Waals surface area contributed by atoms with Crippen molar-refractivity contribution in [3.8, 4) is 11.1 Å². The highest BCUT2D eigenvalue weighted by atomic mass is 16.3. The molecule has 0 aromatic heterocycles. The normalized spacial score (nSPS) is 23.7. The molecule has 2 nitrogen and oxygen atoms in total. The van der Waals surface area contributed by atoms with Crippen LogP contribution in [0.25, 0.3) is 11.1 Å². The largest absolute Gasteiger partial charge is 0.396 e. The molecule has 0 amide bonds. The van der Waals surface area contributed by atoms with Crippen LogP contribution in [0.5, 0.6) is 0 Å². The van der Waals surface area contributed by atoms with Crippen LogP contribution >= 0.6 is 0 Å². The molecule has 2 aliphatic rings. The third kappa shape index (κ3) is 3.76. The van der Waals surface area contributed by atoms with Crippen molar-refractivity contribution >= 4 is 0 Å². The van der Waals surface area contributed by atoms with Crippen LogP contribution in [0, 0.1) is 5.92 Å². The number of hydrogen-bond donors (Lipinski definition) is 1. The van der Waals surface area contributed by atoms with Gasteiger partial charge in [0.15, 0.2) is 0 Å². The van der Waals surface area contributed by atoms with Crippen LogP contribution in [-0.2, 0) is 0 Å². The van der Waals surface area contributed by atoms with Gasteiger partial charge in [0, 0.05) is 19.2 Å². The third-order valence-corrected chi connectivity index (χ3v) is 4.74. The molecule has 1 N–H and O–H groups in total. The van der Waals surface area contributed by atoms with Gasteiger partial charge in [0.25, 0.3) is 0 Å². The van der Waals surface area contributed by atoms with Crippen molar-refractivity contribution in [2.24, 2.45) is 5.92 Å². The molecule has 116 valence electrons. The van der Waals surface area contributed by atoms with Crippen molar-refractivity contribution < 1.29 is 5.11 Å². The standard InChI is InChI=1S/C12H10.C8H15NO/c1-3-7-11(8-4-1)12-9-5-2-6-10-12;10-6-7-4-8-2-1-3-9(8)5-7/h1-10H;7-8,10H,1-6H2. The average molecular weight is 295 g/mol. The Hall–Kier alpha value is -1.64. The fourth-order valence-corrected chi connectivity index (χ4v) is 3.59. The lowest BCUT2D eigenvalue weighted by atomic mass is 10.0. The number of benzene rings is 2. The Bertz CT molecular complexity index is 505. The van der Waals surface area contributed by atoms with E-state index in [4.69, 9.17) is 5.11 Å². The van der Waals surface area contributed by atoms with Gasteiger partial charge in [0.05, 0.1) is 0 Å². The lowest BCUT2D eigenvalue weighted by molar-refractivity contribution is 0.223. The molecule has 2 heterocycles. The van der Waals surface area contributed by atoms with E-state index in [9.17, 15) is 0 Å². The molecule has 2 fully saturated rings. The van der Waals surface area contributed by atoms with Gasteiger partial charge in [-0.05, 0) is 42.9 Å². The minimum absolute atomic E-state index is 0.396. The lowest BCUT2D eigenvalue weighted by Gasteiger charge is -2.12. The van der Waals surface area contributed by atoms with Crippen LogP contribution in [-0.4, -0.2) is 35.7 Å². The molecule has 2 atom stereocenters. The zero-order valence-corrected chi connectivity index (χ0v) is 13.1. The summed E-state index contributed by atoms with van der Waals surface area (Å²) in [5, 5.41) is 8.89. The molecular formula is C20H25NO. The number of rotatable bonds is 2. The Balaban J connectivity index is 0.000000133. The summed E-state index contributed by atoms with van der Waals surface area (Å²) in [6.07, 6.45) is 4.00. The Morgan fingerprint density at radius 2 is 1.50 bits per heavy atom. The van der Waals surface area contributed by atoms with E-state index in [-0.39, 0.29) is 0 Å². The summed E-state index contributed by atoms with van der Waals surface area (Å²) in [6, 6.07) is 21.6. The second-order valence-corrected chi connectivity index (χ2v) is 6.31. The van der Waals surface area contributed by atoms with Crippen molar-refractivity contribution in [1.82, 2.24) is 4.90 Å². The van der Waals surface area contributed by atoms with Gasteiger partial charge in [-0.15, -0.1) is 0 Å². The van der Waals surface area contributed by atoms with Gasteiger partial charge >= 0.3 is 0 Å². The summed E-state index contributed by atoms with van der Waals surface area (Å²) in [5.74, 6) is 0.588. The Morgan fingerprint density at radius 3 is 2.00 bits per heavy atom. The highest BCUT2D eigenvalue weighted by molar-refractivity contribution is 5.62. The van der Waals surface area contributed by atoms with Crippen LogP contribution in [0.4, 0.5) is 0 Å². The highest BCUT2D eigenvalue weighted by Crippen LogP contribution is 2.30. The van der Waals surface area contributed by atoms with Crippen LogP contribution in [0.3, 0.4) is 0 Å². The van der Waals surface area contributed by atoms with Crippen molar-refractivity contribution in [3.63, 3.8) is 0 Å². The van der Waals surface area contributed by atoms with E-state index in [1.54, 1.807) is 0 Å². The van der Waals surface area contributed by atoms with Gasteiger partial charge in [-0.25, -0.2) is 0 Å². The van der Waals surface area contributed by atoms with Crippen LogP contribution in [0.1, 0.15) is 19.3 Å². The van der Waals surface area contributed by atoms with Gasteiger partial charge in [0.2, 0.25) is 0 Å². The molecule has 2 aromatic rings. The summed E-state index contributed by atoms with van der Waals surface area (Å²) in [4.78, 5) is 2.53. The van der Waals surface area contributed by atoms with E-state index in [1.807, 2.05) is 12.1 Å². The molecule has 0 saturated carbocycles. The maximum Gasteiger partial charge on any atom is 0.0472 e. The lowest BCUT2D eigenvalue weighted by Crippen LogP contribution is -2.22. The first-order valence-electron chi connectivity index (χ1n) is 8.32. The molecule has 2 aliphatic heterocycles. The molecular weight excluding hydrogens is 270 g/mol. The molecule has 2 unspecified atom stereocenters. The predicted octanol–water partition coefficient (Wildman–Crippen LogP) is 3.82. The number of aliphatic hydroxyl groups excluding tert-OH is 1. The van der Waals surface area contributed by atoms with Crippen molar-refractivity contribution in [2.45, 2.75) is 25.3 Å². The average Bonchev–Trinajstić information content (AvgIpc) is 3.18. The van der Waals surface area contributed by atoms with E-state index in [2.05, 4.69) is 53.4 Å². The molecule has 22 heavy (non-hydrogen) atoms. The number of hydrogen-bond acceptors (Lipinski definition) is 2.